The van der Waals surface area contributed by atoms with E-state index in [1.807, 2.05) is 0 Å². The molecule has 0 heterocycles. The van der Waals surface area contributed by atoms with Crippen molar-refractivity contribution < 1.29 is 28.6 Å². The van der Waals surface area contributed by atoms with Gasteiger partial charge in [-0.15, -0.1) is 0 Å². The largest absolute Gasteiger partial charge is 0.462 e. The maximum Gasteiger partial charge on any atom is 0.306 e. The second-order valence-electron chi connectivity index (χ2n) is 21.7. The molecule has 0 fully saturated rings. The average molecular weight is 988 g/mol. The summed E-state index contributed by atoms with van der Waals surface area (Å²) < 4.78 is 16.9. The first-order chi connectivity index (χ1) is 34.5. The topological polar surface area (TPSA) is 78.9 Å². The minimum atomic E-state index is -0.769. The third kappa shape index (κ3) is 57.1. The van der Waals surface area contributed by atoms with Gasteiger partial charge in [0.1, 0.15) is 13.2 Å². The molecular weight excluding hydrogens is 865 g/mol. The average Bonchev–Trinajstić information content (AvgIpc) is 3.36. The van der Waals surface area contributed by atoms with Crippen LogP contribution in [0.4, 0.5) is 0 Å². The van der Waals surface area contributed by atoms with Gasteiger partial charge in [0.25, 0.3) is 0 Å². The first-order valence-electron chi connectivity index (χ1n) is 31.7. The molecule has 0 radical (unpaired) electrons. The van der Waals surface area contributed by atoms with Crippen molar-refractivity contribution >= 4 is 17.9 Å². The summed E-state index contributed by atoms with van der Waals surface area (Å²) in [6, 6.07) is 0. The van der Waals surface area contributed by atoms with Gasteiger partial charge in [0.05, 0.1) is 0 Å². The van der Waals surface area contributed by atoms with Crippen molar-refractivity contribution in [3.63, 3.8) is 0 Å². The van der Waals surface area contributed by atoms with Gasteiger partial charge in [0.2, 0.25) is 0 Å². The number of esters is 3. The SMILES string of the molecule is CCCCCCCCC/C=C\CCCCCCCC(=O)OC(COC(=O)CCCCCCCCCCCC)COC(=O)CCCCCCCCCCCCCCCCCCCCCCCCCCCC. The molecule has 0 aromatic carbocycles. The predicted molar refractivity (Wildman–Crippen MR) is 303 cm³/mol. The zero-order chi connectivity index (χ0) is 50.7. The molecule has 0 saturated heterocycles. The summed E-state index contributed by atoms with van der Waals surface area (Å²) in [5, 5.41) is 0. The smallest absolute Gasteiger partial charge is 0.306 e. The lowest BCUT2D eigenvalue weighted by Gasteiger charge is -2.18. The highest BCUT2D eigenvalue weighted by molar-refractivity contribution is 5.71. The van der Waals surface area contributed by atoms with Crippen LogP contribution in [0.15, 0.2) is 12.2 Å². The minimum Gasteiger partial charge on any atom is -0.462 e. The highest BCUT2D eigenvalue weighted by Crippen LogP contribution is 2.18. The summed E-state index contributed by atoms with van der Waals surface area (Å²) >= 11 is 0. The van der Waals surface area contributed by atoms with E-state index >= 15 is 0 Å². The van der Waals surface area contributed by atoms with Crippen molar-refractivity contribution in [2.45, 2.75) is 367 Å². The van der Waals surface area contributed by atoms with Gasteiger partial charge in [-0.3, -0.25) is 14.4 Å². The van der Waals surface area contributed by atoms with Crippen LogP contribution < -0.4 is 0 Å². The standard InChI is InChI=1S/C64H122O6/c1-4-7-10-13-16-19-22-24-26-28-29-30-31-32-33-34-35-36-37-39-40-42-45-48-51-54-57-63(66)69-60-61(59-68-62(65)56-53-50-47-44-21-18-15-12-9-6-3)70-64(67)58-55-52-49-46-43-41-38-27-25-23-20-17-14-11-8-5-2/h27,38,61H,4-26,28-37,39-60H2,1-3H3/b38-27-. The van der Waals surface area contributed by atoms with Crippen LogP contribution in [0.25, 0.3) is 0 Å². The monoisotopic (exact) mass is 987 g/mol. The van der Waals surface area contributed by atoms with Crippen LogP contribution in [-0.4, -0.2) is 37.2 Å². The van der Waals surface area contributed by atoms with Crippen LogP contribution in [0.5, 0.6) is 0 Å². The van der Waals surface area contributed by atoms with Crippen LogP contribution >= 0.6 is 0 Å². The van der Waals surface area contributed by atoms with Crippen LogP contribution in [0.1, 0.15) is 361 Å². The number of rotatable bonds is 59. The third-order valence-electron chi connectivity index (χ3n) is 14.5. The zero-order valence-corrected chi connectivity index (χ0v) is 47.6. The molecule has 414 valence electrons. The Bertz CT molecular complexity index is 1090. The number of carbonyl (C=O) groups is 3. The molecule has 6 heteroatoms. The van der Waals surface area contributed by atoms with Crippen molar-refractivity contribution in [3.05, 3.63) is 12.2 Å². The molecule has 0 saturated carbocycles. The summed E-state index contributed by atoms with van der Waals surface area (Å²) in [5.41, 5.74) is 0. The highest BCUT2D eigenvalue weighted by Gasteiger charge is 2.19. The first-order valence-corrected chi connectivity index (χ1v) is 31.7. The molecule has 0 aromatic heterocycles. The highest BCUT2D eigenvalue weighted by atomic mass is 16.6. The van der Waals surface area contributed by atoms with Crippen molar-refractivity contribution in [1.82, 2.24) is 0 Å². The zero-order valence-electron chi connectivity index (χ0n) is 47.6. The van der Waals surface area contributed by atoms with Crippen molar-refractivity contribution in [3.8, 4) is 0 Å². The normalized spacial score (nSPS) is 12.0. The molecule has 70 heavy (non-hydrogen) atoms. The molecule has 1 unspecified atom stereocenters. The van der Waals surface area contributed by atoms with Gasteiger partial charge in [-0.05, 0) is 44.9 Å². The van der Waals surface area contributed by atoms with E-state index in [0.717, 1.165) is 64.2 Å². The summed E-state index contributed by atoms with van der Waals surface area (Å²) in [5.74, 6) is -0.851. The predicted octanol–water partition coefficient (Wildman–Crippen LogP) is 21.3. The molecule has 0 amide bonds. The van der Waals surface area contributed by atoms with Crippen LogP contribution in [0, 0.1) is 0 Å². The number of hydrogen-bond acceptors (Lipinski definition) is 6. The number of allylic oxidation sites excluding steroid dienone is 2. The summed E-state index contributed by atoms with van der Waals surface area (Å²) in [6.07, 6.45) is 69.5. The summed E-state index contributed by atoms with van der Waals surface area (Å²) in [7, 11) is 0. The van der Waals surface area contributed by atoms with Gasteiger partial charge in [-0.2, -0.15) is 0 Å². The van der Waals surface area contributed by atoms with Gasteiger partial charge >= 0.3 is 17.9 Å². The Hall–Kier alpha value is -1.85. The Morgan fingerprint density at radius 2 is 0.471 bits per heavy atom. The van der Waals surface area contributed by atoms with Gasteiger partial charge < -0.3 is 14.2 Å². The number of hydrogen-bond donors (Lipinski definition) is 0. The second kappa shape index (κ2) is 59.7. The second-order valence-corrected chi connectivity index (χ2v) is 21.7. The minimum absolute atomic E-state index is 0.0674. The van der Waals surface area contributed by atoms with Gasteiger partial charge in [-0.1, -0.05) is 309 Å². The van der Waals surface area contributed by atoms with E-state index in [1.165, 1.54) is 257 Å². The van der Waals surface area contributed by atoms with E-state index in [2.05, 4.69) is 32.9 Å². The molecule has 0 N–H and O–H groups in total. The summed E-state index contributed by atoms with van der Waals surface area (Å²) in [6.45, 7) is 6.68. The fourth-order valence-electron chi connectivity index (χ4n) is 9.74. The Kier molecular flexibility index (Phi) is 58.1. The fourth-order valence-corrected chi connectivity index (χ4v) is 9.74. The van der Waals surface area contributed by atoms with Crippen LogP contribution in [0.2, 0.25) is 0 Å². The maximum absolute atomic E-state index is 12.8. The van der Waals surface area contributed by atoms with E-state index in [-0.39, 0.29) is 31.1 Å². The van der Waals surface area contributed by atoms with Gasteiger partial charge in [0, 0.05) is 19.3 Å². The van der Waals surface area contributed by atoms with E-state index in [1.54, 1.807) is 0 Å². The van der Waals surface area contributed by atoms with E-state index in [9.17, 15) is 14.4 Å². The molecular formula is C64H122O6. The number of carbonyl (C=O) groups excluding carboxylic acids is 3. The van der Waals surface area contributed by atoms with Crippen molar-refractivity contribution in [1.29, 1.82) is 0 Å². The Labute approximate surface area is 437 Å². The molecule has 0 bridgehead atoms. The van der Waals surface area contributed by atoms with E-state index in [0.29, 0.717) is 19.3 Å². The lowest BCUT2D eigenvalue weighted by molar-refractivity contribution is -0.167. The molecule has 6 nitrogen and oxygen atoms in total. The fraction of sp³-hybridized carbons (Fsp3) is 0.922. The number of unbranched alkanes of at least 4 members (excludes halogenated alkanes) is 46. The van der Waals surface area contributed by atoms with Gasteiger partial charge in [-0.25, -0.2) is 0 Å². The summed E-state index contributed by atoms with van der Waals surface area (Å²) in [4.78, 5) is 38.1. The lowest BCUT2D eigenvalue weighted by atomic mass is 10.0. The Balaban J connectivity index is 4.13. The number of ether oxygens (including phenoxy) is 3. The lowest BCUT2D eigenvalue weighted by Crippen LogP contribution is -2.30. The van der Waals surface area contributed by atoms with E-state index < -0.39 is 6.10 Å². The first kappa shape index (κ1) is 68.2. The molecule has 0 aliphatic rings. The molecule has 0 aliphatic heterocycles. The van der Waals surface area contributed by atoms with E-state index in [4.69, 9.17) is 14.2 Å². The third-order valence-corrected chi connectivity index (χ3v) is 14.5. The van der Waals surface area contributed by atoms with Crippen LogP contribution in [0.3, 0.4) is 0 Å². The molecule has 0 aliphatic carbocycles. The Morgan fingerprint density at radius 1 is 0.271 bits per heavy atom. The molecule has 1 atom stereocenters. The quantitative estimate of drug-likeness (QED) is 0.0261. The van der Waals surface area contributed by atoms with Crippen molar-refractivity contribution in [2.75, 3.05) is 13.2 Å². The maximum atomic E-state index is 12.8. The molecule has 0 aromatic rings. The molecule has 0 spiro atoms. The van der Waals surface area contributed by atoms with Crippen molar-refractivity contribution in [2.24, 2.45) is 0 Å². The van der Waals surface area contributed by atoms with Gasteiger partial charge in [0.15, 0.2) is 6.10 Å². The molecule has 0 rings (SSSR count). The Morgan fingerprint density at radius 3 is 0.714 bits per heavy atom. The van der Waals surface area contributed by atoms with Crippen LogP contribution in [-0.2, 0) is 28.6 Å².